The zero-order valence-corrected chi connectivity index (χ0v) is 24.8. The summed E-state index contributed by atoms with van der Waals surface area (Å²) >= 11 is 0. The van der Waals surface area contributed by atoms with Gasteiger partial charge >= 0.3 is 24.1 Å². The molecule has 13 heteroatoms. The lowest BCUT2D eigenvalue weighted by Crippen LogP contribution is -2.21. The highest BCUT2D eigenvalue weighted by atomic mass is 19.4. The number of aliphatic carboxylic acids is 1. The first-order valence-electron chi connectivity index (χ1n) is 14.3. The van der Waals surface area contributed by atoms with Gasteiger partial charge in [-0.15, -0.1) is 0 Å². The van der Waals surface area contributed by atoms with Crippen LogP contribution in [0.4, 0.5) is 35.0 Å². The van der Waals surface area contributed by atoms with E-state index in [4.69, 9.17) is 14.6 Å². The summed E-state index contributed by atoms with van der Waals surface area (Å²) in [6.07, 6.45) is -4.47. The fourth-order valence-electron chi connectivity index (χ4n) is 4.38. The van der Waals surface area contributed by atoms with Gasteiger partial charge in [-0.1, -0.05) is 60.7 Å². The number of carboxylic acid groups (broad SMARTS) is 1. The first-order chi connectivity index (χ1) is 22.5. The van der Waals surface area contributed by atoms with Crippen molar-refractivity contribution in [2.24, 2.45) is 0 Å². The number of carbonyl (C=O) groups excluding carboxylic acids is 3. The van der Waals surface area contributed by atoms with E-state index in [1.54, 1.807) is 24.3 Å². The van der Waals surface area contributed by atoms with Crippen LogP contribution in [-0.4, -0.2) is 35.6 Å². The number of alkyl halides is 3. The number of anilines is 3. The molecule has 0 heterocycles. The minimum absolute atomic E-state index is 0.0231. The fourth-order valence-corrected chi connectivity index (χ4v) is 4.38. The van der Waals surface area contributed by atoms with Crippen LogP contribution in [0.3, 0.4) is 0 Å². The van der Waals surface area contributed by atoms with E-state index in [-0.39, 0.29) is 37.3 Å². The Balaban J connectivity index is 1.31. The Morgan fingerprint density at radius 3 is 2.13 bits per heavy atom. The van der Waals surface area contributed by atoms with Gasteiger partial charge < -0.3 is 30.5 Å². The van der Waals surface area contributed by atoms with Gasteiger partial charge in [0.05, 0.1) is 17.7 Å². The topological polar surface area (TPSA) is 143 Å². The molecule has 244 valence electrons. The number of ether oxygens (including phenoxy) is 2. The summed E-state index contributed by atoms with van der Waals surface area (Å²) in [6.45, 7) is -0.502. The van der Waals surface area contributed by atoms with Crippen molar-refractivity contribution in [3.63, 3.8) is 0 Å². The maximum atomic E-state index is 13.2. The molecular weight excluding hydrogens is 619 g/mol. The molecule has 0 unspecified atom stereocenters. The zero-order valence-electron chi connectivity index (χ0n) is 24.8. The molecule has 4 aromatic carbocycles. The molecule has 0 saturated heterocycles. The Labute approximate surface area is 267 Å². The van der Waals surface area contributed by atoms with Crippen molar-refractivity contribution in [3.05, 3.63) is 119 Å². The largest absolute Gasteiger partial charge is 0.482 e. The Kier molecular flexibility index (Phi) is 11.5. The number of carboxylic acids is 1. The smallest absolute Gasteiger partial charge is 0.418 e. The highest BCUT2D eigenvalue weighted by Crippen LogP contribution is 2.34. The van der Waals surface area contributed by atoms with E-state index >= 15 is 0 Å². The summed E-state index contributed by atoms with van der Waals surface area (Å²) in [5, 5.41) is 16.4. The zero-order chi connectivity index (χ0) is 33.8. The van der Waals surface area contributed by atoms with Gasteiger partial charge in [-0.25, -0.2) is 9.59 Å². The maximum Gasteiger partial charge on any atom is 0.418 e. The van der Waals surface area contributed by atoms with Crippen LogP contribution in [0.5, 0.6) is 5.75 Å². The number of urea groups is 1. The van der Waals surface area contributed by atoms with Crippen molar-refractivity contribution in [2.45, 2.75) is 32.0 Å². The predicted octanol–water partition coefficient (Wildman–Crippen LogP) is 6.67. The van der Waals surface area contributed by atoms with E-state index in [2.05, 4.69) is 16.0 Å². The average molecular weight is 650 g/mol. The molecule has 3 amide bonds. The molecule has 10 nitrogen and oxygen atoms in total. The molecule has 0 aromatic heterocycles. The lowest BCUT2D eigenvalue weighted by atomic mass is 10.1. The summed E-state index contributed by atoms with van der Waals surface area (Å²) in [5.41, 5.74) is 1.22. The van der Waals surface area contributed by atoms with Crippen LogP contribution in [0.2, 0.25) is 0 Å². The molecule has 47 heavy (non-hydrogen) atoms. The molecule has 4 N–H and O–H groups in total. The second-order valence-corrected chi connectivity index (χ2v) is 10.2. The van der Waals surface area contributed by atoms with Crippen molar-refractivity contribution < 1.29 is 46.9 Å². The van der Waals surface area contributed by atoms with Crippen LogP contribution < -0.4 is 20.7 Å². The van der Waals surface area contributed by atoms with E-state index in [1.165, 1.54) is 30.3 Å². The first kappa shape index (κ1) is 34.0. The quantitative estimate of drug-likeness (QED) is 0.119. The highest BCUT2D eigenvalue weighted by Gasteiger charge is 2.33. The minimum atomic E-state index is -4.64. The van der Waals surface area contributed by atoms with Gasteiger partial charge in [-0.2, -0.15) is 13.2 Å². The number of benzene rings is 4. The standard InChI is InChI=1S/C34H30F3N3O7/c35-34(36,37)27-8-4-5-9-28(27)40-33(45)39-25-14-10-22(11-15-25)18-30(41)38-26-16-12-24(29(19-26)46-21-31(42)43)13-17-32(44)47-20-23-6-2-1-3-7-23/h1-12,14-16,19H,13,17-18,20-21H2,(H,38,41)(H,42,43)(H2,39,40,45). The maximum absolute atomic E-state index is 13.2. The summed E-state index contributed by atoms with van der Waals surface area (Å²) in [7, 11) is 0. The fraction of sp³-hybridized carbons (Fsp3) is 0.176. The number of rotatable bonds is 13. The molecule has 0 aliphatic rings. The Bertz CT molecular complexity index is 1710. The molecule has 0 saturated carbocycles. The van der Waals surface area contributed by atoms with Crippen LogP contribution in [0, 0.1) is 0 Å². The molecular formula is C34H30F3N3O7. The molecule has 0 fully saturated rings. The summed E-state index contributed by atoms with van der Waals surface area (Å²) in [6, 6.07) is 23.7. The Hall–Kier alpha value is -5.85. The Morgan fingerprint density at radius 2 is 1.43 bits per heavy atom. The molecule has 0 bridgehead atoms. The van der Waals surface area contributed by atoms with Crippen molar-refractivity contribution in [1.82, 2.24) is 0 Å². The number of aryl methyl sites for hydroxylation is 1. The minimum Gasteiger partial charge on any atom is -0.482 e. The number of hydrogen-bond donors (Lipinski definition) is 4. The van der Waals surface area contributed by atoms with Gasteiger partial charge in [0.25, 0.3) is 0 Å². The number of nitrogens with one attached hydrogen (secondary N) is 3. The van der Waals surface area contributed by atoms with Crippen LogP contribution in [0.15, 0.2) is 97.1 Å². The van der Waals surface area contributed by atoms with Crippen LogP contribution in [-0.2, 0) is 44.7 Å². The average Bonchev–Trinajstić information content (AvgIpc) is 3.03. The van der Waals surface area contributed by atoms with E-state index in [9.17, 15) is 32.3 Å². The van der Waals surface area contributed by atoms with Gasteiger partial charge in [0.15, 0.2) is 6.61 Å². The van der Waals surface area contributed by atoms with Crippen LogP contribution >= 0.6 is 0 Å². The summed E-state index contributed by atoms with van der Waals surface area (Å²) < 4.78 is 50.3. The number of para-hydroxylation sites is 1. The number of amides is 3. The third kappa shape index (κ3) is 10.9. The summed E-state index contributed by atoms with van der Waals surface area (Å²) in [4.78, 5) is 48.4. The lowest BCUT2D eigenvalue weighted by Gasteiger charge is -2.14. The van der Waals surface area contributed by atoms with Gasteiger partial charge in [0.1, 0.15) is 12.4 Å². The summed E-state index contributed by atoms with van der Waals surface area (Å²) in [5.74, 6) is -1.86. The second kappa shape index (κ2) is 15.9. The van der Waals surface area contributed by atoms with Gasteiger partial charge in [0.2, 0.25) is 5.91 Å². The van der Waals surface area contributed by atoms with Crippen molar-refractivity contribution in [2.75, 3.05) is 22.6 Å². The van der Waals surface area contributed by atoms with Crippen molar-refractivity contribution in [3.8, 4) is 5.75 Å². The van der Waals surface area contributed by atoms with Crippen LogP contribution in [0.1, 0.15) is 28.7 Å². The predicted molar refractivity (Wildman–Crippen MR) is 167 cm³/mol. The van der Waals surface area contributed by atoms with Gasteiger partial charge in [0, 0.05) is 23.9 Å². The lowest BCUT2D eigenvalue weighted by molar-refractivity contribution is -0.145. The van der Waals surface area contributed by atoms with Crippen molar-refractivity contribution in [1.29, 1.82) is 0 Å². The monoisotopic (exact) mass is 649 g/mol. The highest BCUT2D eigenvalue weighted by molar-refractivity contribution is 6.00. The first-order valence-corrected chi connectivity index (χ1v) is 14.3. The van der Waals surface area contributed by atoms with Gasteiger partial charge in [-0.3, -0.25) is 9.59 Å². The van der Waals surface area contributed by atoms with Gasteiger partial charge in [-0.05, 0) is 53.4 Å². The number of halogens is 3. The molecule has 4 rings (SSSR count). The number of carbonyl (C=O) groups is 4. The van der Waals surface area contributed by atoms with E-state index in [1.807, 2.05) is 30.3 Å². The Morgan fingerprint density at radius 1 is 0.745 bits per heavy atom. The molecule has 0 aliphatic heterocycles. The second-order valence-electron chi connectivity index (χ2n) is 10.2. The normalized spacial score (nSPS) is 10.9. The molecule has 4 aromatic rings. The van der Waals surface area contributed by atoms with Crippen LogP contribution in [0.25, 0.3) is 0 Å². The third-order valence-electron chi connectivity index (χ3n) is 6.60. The van der Waals surface area contributed by atoms with Crippen molar-refractivity contribution >= 4 is 40.9 Å². The molecule has 0 aliphatic carbocycles. The molecule has 0 radical (unpaired) electrons. The number of esters is 1. The van der Waals surface area contributed by atoms with E-state index < -0.39 is 47.9 Å². The molecule has 0 spiro atoms. The third-order valence-corrected chi connectivity index (χ3v) is 6.60. The SMILES string of the molecule is O=C(O)COc1cc(NC(=O)Cc2ccc(NC(=O)Nc3ccccc3C(F)(F)F)cc2)ccc1CCC(=O)OCc1ccccc1. The molecule has 0 atom stereocenters. The van der Waals surface area contributed by atoms with E-state index in [0.717, 1.165) is 17.7 Å². The van der Waals surface area contributed by atoms with E-state index in [0.29, 0.717) is 16.8 Å². The number of hydrogen-bond acceptors (Lipinski definition) is 6.